The topological polar surface area (TPSA) is 86.8 Å². The van der Waals surface area contributed by atoms with E-state index in [2.05, 4.69) is 5.32 Å². The lowest BCUT2D eigenvalue weighted by Crippen LogP contribution is -2.54. The third kappa shape index (κ3) is 8.61. The maximum absolute atomic E-state index is 14.2. The van der Waals surface area contributed by atoms with Crippen molar-refractivity contribution in [2.45, 2.75) is 52.2 Å². The quantitative estimate of drug-likeness (QED) is 0.253. The fourth-order valence-electron chi connectivity index (χ4n) is 4.31. The van der Waals surface area contributed by atoms with E-state index in [4.69, 9.17) is 34.8 Å². The van der Waals surface area contributed by atoms with E-state index in [-0.39, 0.29) is 30.6 Å². The number of halogens is 3. The van der Waals surface area contributed by atoms with Gasteiger partial charge in [0.05, 0.1) is 11.9 Å². The van der Waals surface area contributed by atoms with Gasteiger partial charge in [0, 0.05) is 39.6 Å². The molecule has 0 bridgehead atoms. The minimum absolute atomic E-state index is 0.116. The summed E-state index contributed by atoms with van der Waals surface area (Å²) >= 11 is 19.3. The summed E-state index contributed by atoms with van der Waals surface area (Å²) in [5.41, 5.74) is 2.05. The van der Waals surface area contributed by atoms with Crippen molar-refractivity contribution in [1.29, 1.82) is 0 Å². The van der Waals surface area contributed by atoms with Crippen LogP contribution in [0, 0.1) is 6.92 Å². The molecule has 0 fully saturated rings. The van der Waals surface area contributed by atoms with Gasteiger partial charge in [0.1, 0.15) is 12.6 Å². The first-order valence-electron chi connectivity index (χ1n) is 13.1. The lowest BCUT2D eigenvalue weighted by atomic mass is 10.0. The maximum Gasteiger partial charge on any atom is 0.244 e. The first-order valence-corrected chi connectivity index (χ1v) is 16.1. The Morgan fingerprint density at radius 1 is 0.902 bits per heavy atom. The predicted octanol–water partition coefficient (Wildman–Crippen LogP) is 6.28. The number of carbonyl (C=O) groups excluding carboxylic acids is 2. The molecule has 0 aliphatic heterocycles. The number of hydrogen-bond acceptors (Lipinski definition) is 4. The molecule has 0 heterocycles. The second-order valence-corrected chi connectivity index (χ2v) is 13.0. The molecule has 3 aromatic carbocycles. The molecule has 2 amide bonds. The van der Waals surface area contributed by atoms with Crippen LogP contribution in [0.25, 0.3) is 0 Å². The lowest BCUT2D eigenvalue weighted by Gasteiger charge is -2.34. The number of sulfonamides is 1. The molecule has 0 aliphatic carbocycles. The minimum atomic E-state index is -3.93. The molecule has 3 aromatic rings. The smallest absolute Gasteiger partial charge is 0.244 e. The molecule has 1 N–H and O–H groups in total. The van der Waals surface area contributed by atoms with Gasteiger partial charge < -0.3 is 10.2 Å². The summed E-state index contributed by atoms with van der Waals surface area (Å²) in [6, 6.07) is 18.0. The van der Waals surface area contributed by atoms with Crippen LogP contribution < -0.4 is 9.62 Å². The van der Waals surface area contributed by atoms with Crippen molar-refractivity contribution in [3.63, 3.8) is 0 Å². The van der Waals surface area contributed by atoms with Crippen LogP contribution in [0.4, 0.5) is 5.69 Å². The van der Waals surface area contributed by atoms with E-state index in [1.165, 1.54) is 4.90 Å². The molecule has 7 nitrogen and oxygen atoms in total. The SMILES string of the molecule is CC[C@H](C)NC(=O)[C@@H](Cc1ccccc1)N(Cc1c(Cl)cccc1Cl)C(=O)CN(c1cccc(Cl)c1C)S(C)(=O)=O. The summed E-state index contributed by atoms with van der Waals surface area (Å²) in [6.45, 7) is 4.82. The van der Waals surface area contributed by atoms with E-state index < -0.39 is 28.5 Å². The summed E-state index contributed by atoms with van der Waals surface area (Å²) in [7, 11) is -3.93. The molecular weight excluding hydrogens is 605 g/mol. The predicted molar refractivity (Wildman–Crippen MR) is 167 cm³/mol. The number of hydrogen-bond donors (Lipinski definition) is 1. The van der Waals surface area contributed by atoms with E-state index in [0.717, 1.165) is 16.1 Å². The monoisotopic (exact) mass is 637 g/mol. The van der Waals surface area contributed by atoms with Gasteiger partial charge in [0.25, 0.3) is 0 Å². The van der Waals surface area contributed by atoms with Crippen LogP contribution in [-0.2, 0) is 32.6 Å². The van der Waals surface area contributed by atoms with E-state index in [1.807, 2.05) is 44.2 Å². The van der Waals surface area contributed by atoms with Crippen LogP contribution in [0.5, 0.6) is 0 Å². The summed E-state index contributed by atoms with van der Waals surface area (Å²) < 4.78 is 27.0. The Balaban J connectivity index is 2.13. The number of nitrogens with one attached hydrogen (secondary N) is 1. The highest BCUT2D eigenvalue weighted by molar-refractivity contribution is 7.92. The molecule has 0 saturated heterocycles. The van der Waals surface area contributed by atoms with Crippen molar-refractivity contribution in [3.8, 4) is 0 Å². The fraction of sp³-hybridized carbons (Fsp3) is 0.333. The zero-order chi connectivity index (χ0) is 30.3. The van der Waals surface area contributed by atoms with Gasteiger partial charge in [-0.05, 0) is 55.7 Å². The van der Waals surface area contributed by atoms with E-state index in [1.54, 1.807) is 43.3 Å². The van der Waals surface area contributed by atoms with Crippen molar-refractivity contribution >= 4 is 62.3 Å². The first-order chi connectivity index (χ1) is 19.3. The number of carbonyl (C=O) groups is 2. The van der Waals surface area contributed by atoms with Crippen molar-refractivity contribution in [2.24, 2.45) is 0 Å². The van der Waals surface area contributed by atoms with Crippen LogP contribution in [0.2, 0.25) is 15.1 Å². The van der Waals surface area contributed by atoms with Crippen LogP contribution in [0.15, 0.2) is 66.7 Å². The zero-order valence-corrected chi connectivity index (χ0v) is 26.5. The van der Waals surface area contributed by atoms with Crippen LogP contribution in [0.3, 0.4) is 0 Å². The Morgan fingerprint density at radius 2 is 1.49 bits per heavy atom. The third-order valence-electron chi connectivity index (χ3n) is 6.85. The maximum atomic E-state index is 14.2. The Labute approximate surface area is 257 Å². The highest BCUT2D eigenvalue weighted by Crippen LogP contribution is 2.30. The van der Waals surface area contributed by atoms with Gasteiger partial charge in [-0.15, -0.1) is 0 Å². The minimum Gasteiger partial charge on any atom is -0.352 e. The van der Waals surface area contributed by atoms with Gasteiger partial charge in [0.2, 0.25) is 21.8 Å². The molecule has 3 rings (SSSR count). The van der Waals surface area contributed by atoms with E-state index >= 15 is 0 Å². The summed E-state index contributed by atoms with van der Waals surface area (Å²) in [5.74, 6) is -0.976. The standard InChI is InChI=1S/C30H34Cl3N3O4S/c1-5-20(2)34-30(38)28(17-22-11-7-6-8-12-22)35(18-23-25(32)14-9-15-26(23)33)29(37)19-36(41(4,39)40)27-16-10-13-24(31)21(27)3/h6-16,20,28H,5,17-19H2,1-4H3,(H,34,38)/t20-,28+/m0/s1. The summed E-state index contributed by atoms with van der Waals surface area (Å²) in [5, 5.41) is 3.99. The fourth-order valence-corrected chi connectivity index (χ4v) is 5.90. The molecule has 41 heavy (non-hydrogen) atoms. The Bertz CT molecular complexity index is 1470. The largest absolute Gasteiger partial charge is 0.352 e. The molecular formula is C30H34Cl3N3O4S. The zero-order valence-electron chi connectivity index (χ0n) is 23.4. The molecule has 11 heteroatoms. The Hall–Kier alpha value is -2.78. The van der Waals surface area contributed by atoms with Crippen molar-refractivity contribution < 1.29 is 18.0 Å². The first kappa shape index (κ1) is 32.7. The molecule has 2 atom stereocenters. The number of rotatable bonds is 12. The van der Waals surface area contributed by atoms with Gasteiger partial charge in [-0.25, -0.2) is 8.42 Å². The van der Waals surface area contributed by atoms with E-state index in [9.17, 15) is 18.0 Å². The molecule has 0 unspecified atom stereocenters. The van der Waals surface area contributed by atoms with Gasteiger partial charge in [-0.2, -0.15) is 0 Å². The van der Waals surface area contributed by atoms with Crippen LogP contribution in [0.1, 0.15) is 37.0 Å². The molecule has 0 spiro atoms. The van der Waals surface area contributed by atoms with Crippen molar-refractivity contribution in [3.05, 3.63) is 98.5 Å². The second-order valence-electron chi connectivity index (χ2n) is 9.90. The van der Waals surface area contributed by atoms with E-state index in [0.29, 0.717) is 32.6 Å². The molecule has 0 aliphatic rings. The van der Waals surface area contributed by atoms with Gasteiger partial charge in [-0.1, -0.05) is 84.2 Å². The highest BCUT2D eigenvalue weighted by Gasteiger charge is 2.34. The van der Waals surface area contributed by atoms with Gasteiger partial charge in [0.15, 0.2) is 0 Å². The summed E-state index contributed by atoms with van der Waals surface area (Å²) in [6.07, 6.45) is 1.89. The third-order valence-corrected chi connectivity index (χ3v) is 9.09. The highest BCUT2D eigenvalue weighted by atomic mass is 35.5. The average molecular weight is 639 g/mol. The van der Waals surface area contributed by atoms with Crippen molar-refractivity contribution in [2.75, 3.05) is 17.1 Å². The summed E-state index contributed by atoms with van der Waals surface area (Å²) in [4.78, 5) is 29.3. The Morgan fingerprint density at radius 3 is 2.07 bits per heavy atom. The Kier molecular flexibility index (Phi) is 11.5. The number of anilines is 1. The molecule has 0 saturated carbocycles. The van der Waals surface area contributed by atoms with Crippen molar-refractivity contribution in [1.82, 2.24) is 10.2 Å². The second kappa shape index (κ2) is 14.4. The van der Waals surface area contributed by atoms with Crippen LogP contribution >= 0.6 is 34.8 Å². The van der Waals surface area contributed by atoms with Gasteiger partial charge in [-0.3, -0.25) is 13.9 Å². The normalized spacial score (nSPS) is 12.9. The number of nitrogens with zero attached hydrogens (tertiary/aromatic N) is 2. The molecule has 0 aromatic heterocycles. The lowest BCUT2D eigenvalue weighted by molar-refractivity contribution is -0.140. The number of amides is 2. The van der Waals surface area contributed by atoms with Gasteiger partial charge >= 0.3 is 0 Å². The van der Waals surface area contributed by atoms with Crippen LogP contribution in [-0.4, -0.2) is 50.0 Å². The average Bonchev–Trinajstić information content (AvgIpc) is 2.92. The number of benzene rings is 3. The molecule has 220 valence electrons. The molecule has 0 radical (unpaired) electrons.